The van der Waals surface area contributed by atoms with Crippen LogP contribution in [0, 0.1) is 5.92 Å². The second-order valence-corrected chi connectivity index (χ2v) is 5.19. The maximum Gasteiger partial charge on any atom is 0.0956 e. The average molecular weight is 228 g/mol. The van der Waals surface area contributed by atoms with Gasteiger partial charge in [-0.15, -0.1) is 0 Å². The first-order chi connectivity index (χ1) is 7.72. The van der Waals surface area contributed by atoms with Gasteiger partial charge in [0, 0.05) is 39.3 Å². The largest absolute Gasteiger partial charge is 0.389 e. The monoisotopic (exact) mass is 228 g/mol. The molecule has 1 heterocycles. The highest BCUT2D eigenvalue weighted by Crippen LogP contribution is 2.29. The topological polar surface area (TPSA) is 44.7 Å². The molecule has 2 aliphatic rings. The second kappa shape index (κ2) is 5.45. The standard InChI is InChI=1S/C12H24N2O2/c1-9-7-10(12(15)11(8-9)16-2)14-5-3-13-4-6-14/h9-13,15H,3-8H2,1-2H3/t9?,10?,11-,12?/m1/s1. The predicted octanol–water partition coefficient (Wildman–Crippen LogP) is 0.0660. The molecule has 0 aromatic rings. The van der Waals surface area contributed by atoms with E-state index in [1.165, 1.54) is 0 Å². The molecule has 4 atom stereocenters. The number of aliphatic hydroxyl groups excluding tert-OH is 1. The second-order valence-electron chi connectivity index (χ2n) is 5.19. The predicted molar refractivity (Wildman–Crippen MR) is 63.4 cm³/mol. The summed E-state index contributed by atoms with van der Waals surface area (Å²) >= 11 is 0. The summed E-state index contributed by atoms with van der Waals surface area (Å²) in [5, 5.41) is 13.7. The van der Waals surface area contributed by atoms with Crippen molar-refractivity contribution in [2.75, 3.05) is 33.3 Å². The summed E-state index contributed by atoms with van der Waals surface area (Å²) in [6.07, 6.45) is 1.78. The molecule has 1 aliphatic heterocycles. The molecule has 4 nitrogen and oxygen atoms in total. The molecule has 0 amide bonds. The maximum atomic E-state index is 10.3. The minimum atomic E-state index is -0.320. The van der Waals surface area contributed by atoms with Gasteiger partial charge in [0.1, 0.15) is 0 Å². The Kier molecular flexibility index (Phi) is 4.19. The first-order valence-electron chi connectivity index (χ1n) is 6.38. The van der Waals surface area contributed by atoms with E-state index in [0.717, 1.165) is 39.0 Å². The van der Waals surface area contributed by atoms with Gasteiger partial charge < -0.3 is 15.2 Å². The normalized spacial score (nSPS) is 42.2. The Morgan fingerprint density at radius 1 is 1.25 bits per heavy atom. The molecule has 0 aromatic heterocycles. The summed E-state index contributed by atoms with van der Waals surface area (Å²) < 4.78 is 5.40. The Hall–Kier alpha value is -0.160. The number of rotatable bonds is 2. The van der Waals surface area contributed by atoms with Crippen LogP contribution in [0.3, 0.4) is 0 Å². The molecular formula is C12H24N2O2. The van der Waals surface area contributed by atoms with E-state index >= 15 is 0 Å². The van der Waals surface area contributed by atoms with Crippen molar-refractivity contribution >= 4 is 0 Å². The molecule has 0 radical (unpaired) electrons. The van der Waals surface area contributed by atoms with E-state index < -0.39 is 0 Å². The van der Waals surface area contributed by atoms with Crippen LogP contribution in [0.15, 0.2) is 0 Å². The molecule has 16 heavy (non-hydrogen) atoms. The van der Waals surface area contributed by atoms with E-state index in [9.17, 15) is 5.11 Å². The van der Waals surface area contributed by atoms with Gasteiger partial charge in [-0.05, 0) is 18.8 Å². The van der Waals surface area contributed by atoms with Crippen LogP contribution in [0.2, 0.25) is 0 Å². The molecule has 4 heteroatoms. The molecule has 1 saturated carbocycles. The number of ether oxygens (including phenoxy) is 1. The van der Waals surface area contributed by atoms with Crippen molar-refractivity contribution in [3.05, 3.63) is 0 Å². The van der Waals surface area contributed by atoms with Crippen LogP contribution in [-0.4, -0.2) is 61.5 Å². The van der Waals surface area contributed by atoms with Gasteiger partial charge in [0.25, 0.3) is 0 Å². The Labute approximate surface area is 98.0 Å². The number of hydrogen-bond acceptors (Lipinski definition) is 4. The zero-order chi connectivity index (χ0) is 11.5. The Bertz CT molecular complexity index is 217. The lowest BCUT2D eigenvalue weighted by molar-refractivity contribution is -0.0954. The third-order valence-electron chi connectivity index (χ3n) is 3.98. The third-order valence-corrected chi connectivity index (χ3v) is 3.98. The smallest absolute Gasteiger partial charge is 0.0956 e. The molecule has 2 fully saturated rings. The molecule has 2 N–H and O–H groups in total. The van der Waals surface area contributed by atoms with E-state index in [0.29, 0.717) is 5.92 Å². The van der Waals surface area contributed by atoms with Crippen molar-refractivity contribution < 1.29 is 9.84 Å². The molecule has 2 rings (SSSR count). The summed E-state index contributed by atoms with van der Waals surface area (Å²) in [7, 11) is 1.71. The average Bonchev–Trinajstić information content (AvgIpc) is 2.33. The van der Waals surface area contributed by atoms with Crippen LogP contribution < -0.4 is 5.32 Å². The first kappa shape index (κ1) is 12.3. The van der Waals surface area contributed by atoms with Crippen molar-refractivity contribution in [3.63, 3.8) is 0 Å². The van der Waals surface area contributed by atoms with Crippen molar-refractivity contribution in [1.82, 2.24) is 10.2 Å². The van der Waals surface area contributed by atoms with E-state index in [2.05, 4.69) is 17.1 Å². The van der Waals surface area contributed by atoms with Gasteiger partial charge in [-0.2, -0.15) is 0 Å². The van der Waals surface area contributed by atoms with Crippen LogP contribution >= 0.6 is 0 Å². The summed E-state index contributed by atoms with van der Waals surface area (Å²) in [5.41, 5.74) is 0. The van der Waals surface area contributed by atoms with Crippen molar-refractivity contribution in [1.29, 1.82) is 0 Å². The number of nitrogens with zero attached hydrogens (tertiary/aromatic N) is 1. The van der Waals surface area contributed by atoms with Gasteiger partial charge in [-0.1, -0.05) is 6.92 Å². The molecule has 0 aromatic carbocycles. The minimum absolute atomic E-state index is 0.0173. The van der Waals surface area contributed by atoms with Gasteiger partial charge in [0.05, 0.1) is 12.2 Å². The van der Waals surface area contributed by atoms with Crippen LogP contribution in [0.4, 0.5) is 0 Å². The third kappa shape index (κ3) is 2.56. The number of hydrogen-bond donors (Lipinski definition) is 2. The van der Waals surface area contributed by atoms with E-state index in [-0.39, 0.29) is 18.2 Å². The summed E-state index contributed by atoms with van der Waals surface area (Å²) in [5.74, 6) is 0.647. The van der Waals surface area contributed by atoms with E-state index in [1.807, 2.05) is 0 Å². The quantitative estimate of drug-likeness (QED) is 0.702. The molecule has 94 valence electrons. The van der Waals surface area contributed by atoms with Crippen LogP contribution in [-0.2, 0) is 4.74 Å². The fraction of sp³-hybridized carbons (Fsp3) is 1.00. The van der Waals surface area contributed by atoms with E-state index in [1.54, 1.807) is 7.11 Å². The van der Waals surface area contributed by atoms with E-state index in [4.69, 9.17) is 4.74 Å². The maximum absolute atomic E-state index is 10.3. The summed E-state index contributed by atoms with van der Waals surface area (Å²) in [6.45, 7) is 6.42. The highest BCUT2D eigenvalue weighted by Gasteiger charge is 2.38. The molecule has 0 spiro atoms. The summed E-state index contributed by atoms with van der Waals surface area (Å²) in [4.78, 5) is 2.42. The number of nitrogens with one attached hydrogen (secondary N) is 1. The molecule has 1 saturated heterocycles. The lowest BCUT2D eigenvalue weighted by Crippen LogP contribution is -2.57. The Morgan fingerprint density at radius 2 is 1.94 bits per heavy atom. The lowest BCUT2D eigenvalue weighted by atomic mass is 9.82. The molecule has 0 bridgehead atoms. The van der Waals surface area contributed by atoms with Gasteiger partial charge in [0.15, 0.2) is 0 Å². The zero-order valence-electron chi connectivity index (χ0n) is 10.4. The fourth-order valence-corrected chi connectivity index (χ4v) is 3.05. The van der Waals surface area contributed by atoms with Crippen molar-refractivity contribution in [2.45, 2.75) is 38.0 Å². The number of methoxy groups -OCH3 is 1. The van der Waals surface area contributed by atoms with Crippen LogP contribution in [0.5, 0.6) is 0 Å². The molecule has 3 unspecified atom stereocenters. The van der Waals surface area contributed by atoms with Gasteiger partial charge >= 0.3 is 0 Å². The zero-order valence-corrected chi connectivity index (χ0v) is 10.4. The number of piperazine rings is 1. The SMILES string of the molecule is CO[C@@H]1CC(C)CC(N2CCNCC2)C1O. The Morgan fingerprint density at radius 3 is 2.56 bits per heavy atom. The molecule has 1 aliphatic carbocycles. The molecular weight excluding hydrogens is 204 g/mol. The van der Waals surface area contributed by atoms with Gasteiger partial charge in [0.2, 0.25) is 0 Å². The van der Waals surface area contributed by atoms with Crippen LogP contribution in [0.1, 0.15) is 19.8 Å². The first-order valence-corrected chi connectivity index (χ1v) is 6.38. The van der Waals surface area contributed by atoms with Crippen molar-refractivity contribution in [3.8, 4) is 0 Å². The highest BCUT2D eigenvalue weighted by molar-refractivity contribution is 4.92. The van der Waals surface area contributed by atoms with Gasteiger partial charge in [-0.3, -0.25) is 4.90 Å². The Balaban J connectivity index is 2.00. The van der Waals surface area contributed by atoms with Gasteiger partial charge in [-0.25, -0.2) is 0 Å². The lowest BCUT2D eigenvalue weighted by Gasteiger charge is -2.44. The highest BCUT2D eigenvalue weighted by atomic mass is 16.5. The van der Waals surface area contributed by atoms with Crippen molar-refractivity contribution in [2.24, 2.45) is 5.92 Å². The number of aliphatic hydroxyl groups is 1. The minimum Gasteiger partial charge on any atom is -0.389 e. The van der Waals surface area contributed by atoms with Crippen LogP contribution in [0.25, 0.3) is 0 Å². The fourth-order valence-electron chi connectivity index (χ4n) is 3.05. The summed E-state index contributed by atoms with van der Waals surface area (Å²) in [6, 6.07) is 0.288.